The number of thioether (sulfide) groups is 1. The van der Waals surface area contributed by atoms with Crippen molar-refractivity contribution in [3.63, 3.8) is 0 Å². The van der Waals surface area contributed by atoms with Gasteiger partial charge in [-0.05, 0) is 32.4 Å². The van der Waals surface area contributed by atoms with Gasteiger partial charge in [0, 0.05) is 22.6 Å². The molecule has 2 rings (SSSR count). The molecule has 2 atom stereocenters. The largest absolute Gasteiger partial charge is 0.271 e. The number of aromatic nitrogens is 1. The number of hydrogen-bond acceptors (Lipinski definition) is 5. The summed E-state index contributed by atoms with van der Waals surface area (Å²) in [6, 6.07) is 0.366. The quantitative estimate of drug-likeness (QED) is 0.652. The number of rotatable bonds is 4. The number of hydrazine groups is 1. The van der Waals surface area contributed by atoms with Crippen LogP contribution in [0.1, 0.15) is 34.8 Å². The predicted octanol–water partition coefficient (Wildman–Crippen LogP) is 2.42. The highest BCUT2D eigenvalue weighted by atomic mass is 32.2. The van der Waals surface area contributed by atoms with Crippen LogP contribution in [-0.2, 0) is 6.42 Å². The minimum Gasteiger partial charge on any atom is -0.271 e. The van der Waals surface area contributed by atoms with Gasteiger partial charge >= 0.3 is 0 Å². The lowest BCUT2D eigenvalue weighted by molar-refractivity contribution is 0.471. The Morgan fingerprint density at radius 1 is 1.47 bits per heavy atom. The van der Waals surface area contributed by atoms with Gasteiger partial charge in [-0.1, -0.05) is 6.42 Å². The van der Waals surface area contributed by atoms with Gasteiger partial charge in [-0.15, -0.1) is 11.3 Å². The van der Waals surface area contributed by atoms with E-state index >= 15 is 0 Å². The van der Waals surface area contributed by atoms with E-state index in [0.717, 1.165) is 12.1 Å². The molecule has 1 aliphatic rings. The Balaban J connectivity index is 1.98. The molecule has 1 aromatic heterocycles. The fourth-order valence-corrected chi connectivity index (χ4v) is 4.60. The third kappa shape index (κ3) is 3.44. The standard InChI is InChI=1S/C12H21N3S2/c1-8-9(2)17-12(14-8)7-10(15-13)11-5-3-4-6-16-11/h10-11,15H,3-7,13H2,1-2H3. The minimum absolute atomic E-state index is 0.366. The Morgan fingerprint density at radius 2 is 2.29 bits per heavy atom. The number of hydrogen-bond donors (Lipinski definition) is 2. The van der Waals surface area contributed by atoms with Crippen molar-refractivity contribution in [3.05, 3.63) is 15.6 Å². The second-order valence-electron chi connectivity index (χ2n) is 4.63. The topological polar surface area (TPSA) is 50.9 Å². The maximum atomic E-state index is 5.71. The first-order chi connectivity index (χ1) is 8.20. The first kappa shape index (κ1) is 13.3. The van der Waals surface area contributed by atoms with E-state index in [1.165, 1.54) is 34.9 Å². The van der Waals surface area contributed by atoms with Crippen molar-refractivity contribution < 1.29 is 0 Å². The summed E-state index contributed by atoms with van der Waals surface area (Å²) in [7, 11) is 0. The van der Waals surface area contributed by atoms with Gasteiger partial charge in [0.25, 0.3) is 0 Å². The normalized spacial score (nSPS) is 22.6. The van der Waals surface area contributed by atoms with Crippen LogP contribution in [0.5, 0.6) is 0 Å². The fourth-order valence-electron chi connectivity index (χ4n) is 2.20. The van der Waals surface area contributed by atoms with Gasteiger partial charge in [-0.25, -0.2) is 4.98 Å². The Bertz CT molecular complexity index is 339. The molecule has 5 heteroatoms. The molecule has 1 fully saturated rings. The second kappa shape index (κ2) is 6.18. The van der Waals surface area contributed by atoms with Crippen molar-refractivity contribution in [2.75, 3.05) is 5.75 Å². The van der Waals surface area contributed by atoms with E-state index in [2.05, 4.69) is 36.0 Å². The van der Waals surface area contributed by atoms with Crippen molar-refractivity contribution in [3.8, 4) is 0 Å². The SMILES string of the molecule is Cc1nc(CC(NN)C2CCCCS2)sc1C. The molecular weight excluding hydrogens is 250 g/mol. The molecule has 0 aliphatic carbocycles. The van der Waals surface area contributed by atoms with Crippen molar-refractivity contribution in [1.29, 1.82) is 0 Å². The van der Waals surface area contributed by atoms with Crippen LogP contribution < -0.4 is 11.3 Å². The molecule has 0 aromatic carbocycles. The number of nitrogens with two attached hydrogens (primary N) is 1. The third-order valence-electron chi connectivity index (χ3n) is 3.35. The van der Waals surface area contributed by atoms with Crippen molar-refractivity contribution in [2.45, 2.75) is 50.8 Å². The molecule has 2 heterocycles. The van der Waals surface area contributed by atoms with E-state index in [0.29, 0.717) is 11.3 Å². The zero-order chi connectivity index (χ0) is 12.3. The molecule has 96 valence electrons. The Hall–Kier alpha value is -0.100. The van der Waals surface area contributed by atoms with Crippen LogP contribution in [-0.4, -0.2) is 22.0 Å². The average Bonchev–Trinajstić information content (AvgIpc) is 2.67. The molecule has 0 amide bonds. The highest BCUT2D eigenvalue weighted by molar-refractivity contribution is 8.00. The van der Waals surface area contributed by atoms with Crippen molar-refractivity contribution in [2.24, 2.45) is 5.84 Å². The maximum Gasteiger partial charge on any atom is 0.0947 e. The summed E-state index contributed by atoms with van der Waals surface area (Å²) in [6.45, 7) is 4.21. The lowest BCUT2D eigenvalue weighted by atomic mass is 10.1. The van der Waals surface area contributed by atoms with E-state index in [1.54, 1.807) is 11.3 Å². The molecule has 0 radical (unpaired) electrons. The molecular formula is C12H21N3S2. The second-order valence-corrected chi connectivity index (χ2v) is 7.27. The van der Waals surface area contributed by atoms with Gasteiger partial charge in [0.15, 0.2) is 0 Å². The van der Waals surface area contributed by atoms with Gasteiger partial charge in [-0.3, -0.25) is 11.3 Å². The zero-order valence-corrected chi connectivity index (χ0v) is 12.2. The number of aryl methyl sites for hydroxylation is 2. The summed E-state index contributed by atoms with van der Waals surface area (Å²) in [5, 5.41) is 1.87. The summed E-state index contributed by atoms with van der Waals surface area (Å²) in [5.41, 5.74) is 4.16. The van der Waals surface area contributed by atoms with Crippen LogP contribution in [0, 0.1) is 13.8 Å². The van der Waals surface area contributed by atoms with Gasteiger partial charge in [0.1, 0.15) is 0 Å². The van der Waals surface area contributed by atoms with Crippen LogP contribution >= 0.6 is 23.1 Å². The molecule has 0 bridgehead atoms. The smallest absolute Gasteiger partial charge is 0.0947 e. The number of nitrogens with one attached hydrogen (secondary N) is 1. The Kier molecular flexibility index (Phi) is 4.85. The van der Waals surface area contributed by atoms with Crippen molar-refractivity contribution in [1.82, 2.24) is 10.4 Å². The molecule has 3 nitrogen and oxygen atoms in total. The fraction of sp³-hybridized carbons (Fsp3) is 0.750. The minimum atomic E-state index is 0.366. The monoisotopic (exact) mass is 271 g/mol. The zero-order valence-electron chi connectivity index (χ0n) is 10.5. The Labute approximate surface area is 112 Å². The summed E-state index contributed by atoms with van der Waals surface area (Å²) in [6.07, 6.45) is 4.94. The van der Waals surface area contributed by atoms with Crippen LogP contribution in [0.25, 0.3) is 0 Å². The molecule has 1 aromatic rings. The summed E-state index contributed by atoms with van der Waals surface area (Å²) >= 11 is 3.87. The van der Waals surface area contributed by atoms with E-state index in [1.807, 2.05) is 0 Å². The molecule has 2 unspecified atom stereocenters. The molecule has 3 N–H and O–H groups in total. The van der Waals surface area contributed by atoms with Crippen LogP contribution in [0.4, 0.5) is 0 Å². The lowest BCUT2D eigenvalue weighted by Gasteiger charge is -2.28. The number of thiazole rings is 1. The molecule has 1 saturated heterocycles. The van der Waals surface area contributed by atoms with E-state index in [-0.39, 0.29) is 0 Å². The number of nitrogens with zero attached hydrogens (tertiary/aromatic N) is 1. The van der Waals surface area contributed by atoms with Gasteiger partial charge < -0.3 is 0 Å². The van der Waals surface area contributed by atoms with Crippen LogP contribution in [0.2, 0.25) is 0 Å². The molecule has 0 saturated carbocycles. The third-order valence-corrected chi connectivity index (χ3v) is 5.96. The first-order valence-corrected chi connectivity index (χ1v) is 8.08. The molecule has 17 heavy (non-hydrogen) atoms. The highest BCUT2D eigenvalue weighted by Gasteiger charge is 2.24. The molecule has 1 aliphatic heterocycles. The Morgan fingerprint density at radius 3 is 2.82 bits per heavy atom. The van der Waals surface area contributed by atoms with Crippen LogP contribution in [0.3, 0.4) is 0 Å². The highest BCUT2D eigenvalue weighted by Crippen LogP contribution is 2.29. The average molecular weight is 271 g/mol. The van der Waals surface area contributed by atoms with E-state index in [4.69, 9.17) is 5.84 Å². The first-order valence-electron chi connectivity index (χ1n) is 6.21. The van der Waals surface area contributed by atoms with E-state index in [9.17, 15) is 0 Å². The summed E-state index contributed by atoms with van der Waals surface area (Å²) < 4.78 is 0. The van der Waals surface area contributed by atoms with Crippen molar-refractivity contribution >= 4 is 23.1 Å². The van der Waals surface area contributed by atoms with Gasteiger partial charge in [-0.2, -0.15) is 11.8 Å². The lowest BCUT2D eigenvalue weighted by Crippen LogP contribution is -2.45. The molecule has 0 spiro atoms. The van der Waals surface area contributed by atoms with Gasteiger partial charge in [0.05, 0.1) is 10.7 Å². The predicted molar refractivity (Wildman–Crippen MR) is 76.5 cm³/mol. The van der Waals surface area contributed by atoms with E-state index < -0.39 is 0 Å². The maximum absolute atomic E-state index is 5.71. The summed E-state index contributed by atoms with van der Waals surface area (Å²) in [4.78, 5) is 5.93. The van der Waals surface area contributed by atoms with Crippen LogP contribution in [0.15, 0.2) is 0 Å². The summed E-state index contributed by atoms with van der Waals surface area (Å²) in [5.74, 6) is 6.99. The van der Waals surface area contributed by atoms with Gasteiger partial charge in [0.2, 0.25) is 0 Å².